The van der Waals surface area contributed by atoms with Crippen molar-refractivity contribution in [2.45, 2.75) is 76.9 Å². The van der Waals surface area contributed by atoms with Gasteiger partial charge in [-0.2, -0.15) is 0 Å². The lowest BCUT2D eigenvalue weighted by atomic mass is 10.1. The molecular weight excluding hydrogens is 352 g/mol. The summed E-state index contributed by atoms with van der Waals surface area (Å²) in [6, 6.07) is 0. The minimum Gasteiger partial charge on any atom is -0.389 e. The first kappa shape index (κ1) is 26.3. The molecule has 0 saturated carbocycles. The summed E-state index contributed by atoms with van der Waals surface area (Å²) in [6.45, 7) is 3.37. The number of amides is 1. The van der Waals surface area contributed by atoms with E-state index in [1.807, 2.05) is 18.2 Å². The predicted octanol–water partition coefficient (Wildman–Crippen LogP) is 3.54. The van der Waals surface area contributed by atoms with Gasteiger partial charge >= 0.3 is 0 Å². The van der Waals surface area contributed by atoms with Crippen LogP contribution >= 0.6 is 0 Å². The molecule has 0 aliphatic rings. The minimum absolute atomic E-state index is 0.00373. The lowest BCUT2D eigenvalue weighted by Crippen LogP contribution is -2.25. The normalized spacial score (nSPS) is 14.6. The molecule has 0 radical (unpaired) electrons. The highest BCUT2D eigenvalue weighted by Crippen LogP contribution is 2.03. The summed E-state index contributed by atoms with van der Waals surface area (Å²) in [7, 11) is 0. The number of hydrogen-bond donors (Lipinski definition) is 4. The number of unbranched alkanes of at least 4 members (excludes halogenated alkanes) is 3. The van der Waals surface area contributed by atoms with Crippen LogP contribution in [-0.4, -0.2) is 41.4 Å². The molecule has 28 heavy (non-hydrogen) atoms. The zero-order chi connectivity index (χ0) is 20.9. The Labute approximate surface area is 171 Å². The zero-order valence-corrected chi connectivity index (χ0v) is 17.4. The SMILES string of the molecule is CCCCC/C=C\C[C@@H](O)/C=C/C=C\C=C\[C@@H](O)CCCC(=O)NCCCN. The quantitative estimate of drug-likeness (QED) is 0.173. The molecule has 5 N–H and O–H groups in total. The van der Waals surface area contributed by atoms with Crippen LogP contribution in [0.5, 0.6) is 0 Å². The van der Waals surface area contributed by atoms with Crippen molar-refractivity contribution in [2.24, 2.45) is 5.73 Å². The van der Waals surface area contributed by atoms with E-state index in [0.717, 1.165) is 12.8 Å². The van der Waals surface area contributed by atoms with Crippen LogP contribution in [0.4, 0.5) is 0 Å². The molecule has 0 aromatic rings. The third-order valence-electron chi connectivity index (χ3n) is 4.13. The fourth-order valence-electron chi connectivity index (χ4n) is 2.44. The monoisotopic (exact) mass is 392 g/mol. The Morgan fingerprint density at radius 3 is 2.36 bits per heavy atom. The number of carbonyl (C=O) groups is 1. The van der Waals surface area contributed by atoms with Crippen molar-refractivity contribution < 1.29 is 15.0 Å². The molecule has 5 heteroatoms. The van der Waals surface area contributed by atoms with Crippen LogP contribution in [0.2, 0.25) is 0 Å². The van der Waals surface area contributed by atoms with Crippen molar-refractivity contribution in [1.29, 1.82) is 0 Å². The lowest BCUT2D eigenvalue weighted by molar-refractivity contribution is -0.121. The van der Waals surface area contributed by atoms with E-state index < -0.39 is 12.2 Å². The van der Waals surface area contributed by atoms with E-state index in [9.17, 15) is 15.0 Å². The second kappa shape index (κ2) is 20.1. The van der Waals surface area contributed by atoms with Gasteiger partial charge in [-0.3, -0.25) is 4.79 Å². The van der Waals surface area contributed by atoms with Gasteiger partial charge in [-0.25, -0.2) is 0 Å². The maximum Gasteiger partial charge on any atom is 0.219 e. The van der Waals surface area contributed by atoms with Gasteiger partial charge in [0, 0.05) is 13.0 Å². The fraction of sp³-hybridized carbons (Fsp3) is 0.609. The molecule has 0 spiro atoms. The Balaban J connectivity index is 3.81. The molecule has 160 valence electrons. The van der Waals surface area contributed by atoms with Crippen LogP contribution in [0.25, 0.3) is 0 Å². The van der Waals surface area contributed by atoms with Crippen molar-refractivity contribution in [3.8, 4) is 0 Å². The number of nitrogens with two attached hydrogens (primary N) is 1. The van der Waals surface area contributed by atoms with Gasteiger partial charge in [0.1, 0.15) is 0 Å². The average molecular weight is 393 g/mol. The smallest absolute Gasteiger partial charge is 0.219 e. The summed E-state index contributed by atoms with van der Waals surface area (Å²) >= 11 is 0. The predicted molar refractivity (Wildman–Crippen MR) is 118 cm³/mol. The topological polar surface area (TPSA) is 95.6 Å². The van der Waals surface area contributed by atoms with Gasteiger partial charge < -0.3 is 21.3 Å². The second-order valence-electron chi connectivity index (χ2n) is 6.88. The molecule has 2 atom stereocenters. The Morgan fingerprint density at radius 2 is 1.68 bits per heavy atom. The van der Waals surface area contributed by atoms with Crippen molar-refractivity contribution in [3.05, 3.63) is 48.6 Å². The molecule has 0 saturated heterocycles. The van der Waals surface area contributed by atoms with Crippen molar-refractivity contribution in [2.75, 3.05) is 13.1 Å². The molecular formula is C23H40N2O3. The van der Waals surface area contributed by atoms with Crippen LogP contribution in [-0.2, 0) is 4.79 Å². The summed E-state index contributed by atoms with van der Waals surface area (Å²) in [5.41, 5.74) is 5.37. The van der Waals surface area contributed by atoms with Crippen LogP contribution in [0.1, 0.15) is 64.7 Å². The highest BCUT2D eigenvalue weighted by molar-refractivity contribution is 5.75. The first-order valence-corrected chi connectivity index (χ1v) is 10.6. The van der Waals surface area contributed by atoms with Gasteiger partial charge in [0.2, 0.25) is 5.91 Å². The zero-order valence-electron chi connectivity index (χ0n) is 17.4. The molecule has 0 unspecified atom stereocenters. The number of aliphatic hydroxyl groups excluding tert-OH is 2. The molecule has 0 fully saturated rings. The van der Waals surface area contributed by atoms with Gasteiger partial charge in [0.05, 0.1) is 12.2 Å². The second-order valence-corrected chi connectivity index (χ2v) is 6.88. The van der Waals surface area contributed by atoms with Crippen LogP contribution in [0, 0.1) is 0 Å². The first-order chi connectivity index (χ1) is 13.6. The Kier molecular flexibility index (Phi) is 18.8. The third-order valence-corrected chi connectivity index (χ3v) is 4.13. The van der Waals surface area contributed by atoms with Crippen LogP contribution in [0.3, 0.4) is 0 Å². The summed E-state index contributed by atoms with van der Waals surface area (Å²) < 4.78 is 0. The number of aliphatic hydroxyl groups is 2. The number of nitrogens with one attached hydrogen (secondary N) is 1. The molecule has 0 rings (SSSR count). The summed E-state index contributed by atoms with van der Waals surface area (Å²) in [5, 5.41) is 22.5. The highest BCUT2D eigenvalue weighted by Gasteiger charge is 2.03. The number of rotatable bonds is 17. The average Bonchev–Trinajstić information content (AvgIpc) is 2.67. The van der Waals surface area contributed by atoms with Crippen LogP contribution < -0.4 is 11.1 Å². The fourth-order valence-corrected chi connectivity index (χ4v) is 2.44. The number of allylic oxidation sites excluding steroid dienone is 5. The van der Waals surface area contributed by atoms with Gasteiger partial charge in [-0.15, -0.1) is 0 Å². The summed E-state index contributed by atoms with van der Waals surface area (Å²) in [4.78, 5) is 11.5. The Bertz CT molecular complexity index is 484. The van der Waals surface area contributed by atoms with E-state index >= 15 is 0 Å². The summed E-state index contributed by atoms with van der Waals surface area (Å²) in [5.74, 6) is 0.00373. The van der Waals surface area contributed by atoms with E-state index in [4.69, 9.17) is 5.73 Å². The van der Waals surface area contributed by atoms with Crippen molar-refractivity contribution in [1.82, 2.24) is 5.32 Å². The van der Waals surface area contributed by atoms with Gasteiger partial charge in [0.25, 0.3) is 0 Å². The van der Waals surface area contributed by atoms with Gasteiger partial charge in [0.15, 0.2) is 0 Å². The van der Waals surface area contributed by atoms with E-state index in [0.29, 0.717) is 38.8 Å². The Morgan fingerprint density at radius 1 is 0.964 bits per heavy atom. The minimum atomic E-state index is -0.561. The van der Waals surface area contributed by atoms with E-state index in [-0.39, 0.29) is 5.91 Å². The van der Waals surface area contributed by atoms with E-state index in [1.54, 1.807) is 24.3 Å². The highest BCUT2D eigenvalue weighted by atomic mass is 16.3. The van der Waals surface area contributed by atoms with Crippen molar-refractivity contribution >= 4 is 5.91 Å². The molecule has 0 aliphatic heterocycles. The molecule has 0 aromatic carbocycles. The molecule has 0 aliphatic carbocycles. The molecule has 0 aromatic heterocycles. The largest absolute Gasteiger partial charge is 0.389 e. The van der Waals surface area contributed by atoms with E-state index in [2.05, 4.69) is 18.3 Å². The van der Waals surface area contributed by atoms with Gasteiger partial charge in [-0.05, 0) is 45.1 Å². The Hall–Kier alpha value is -1.69. The molecule has 1 amide bonds. The third kappa shape index (κ3) is 19.1. The molecule has 5 nitrogen and oxygen atoms in total. The number of carbonyl (C=O) groups excluding carboxylic acids is 1. The lowest BCUT2D eigenvalue weighted by Gasteiger charge is -2.06. The molecule has 0 heterocycles. The van der Waals surface area contributed by atoms with Crippen LogP contribution in [0.15, 0.2) is 48.6 Å². The maximum absolute atomic E-state index is 11.5. The molecule has 0 bridgehead atoms. The van der Waals surface area contributed by atoms with E-state index in [1.165, 1.54) is 19.3 Å². The van der Waals surface area contributed by atoms with Crippen molar-refractivity contribution in [3.63, 3.8) is 0 Å². The first-order valence-electron chi connectivity index (χ1n) is 10.6. The number of hydrogen-bond acceptors (Lipinski definition) is 4. The van der Waals surface area contributed by atoms with Gasteiger partial charge in [-0.1, -0.05) is 68.4 Å². The summed E-state index contributed by atoms with van der Waals surface area (Å²) in [6.07, 6.45) is 21.6. The standard InChI is InChI=1S/C23H40N2O3/c1-2-3-4-5-6-9-14-21(26)15-10-7-8-11-16-22(27)17-12-18-23(28)25-20-13-19-24/h6-11,15-16,21-22,26-27H,2-5,12-14,17-20,24H2,1H3,(H,25,28)/b8-7-,9-6-,15-10+,16-11+/t21-,22-/m1/s1. The maximum atomic E-state index is 11.5.